The number of nitrogens with zero attached hydrogens (tertiary/aromatic N) is 4. The van der Waals surface area contributed by atoms with Crippen LogP contribution in [-0.2, 0) is 11.3 Å². The molecule has 2 rings (SSSR count). The monoisotopic (exact) mass is 299 g/mol. The highest BCUT2D eigenvalue weighted by atomic mass is 32.2. The standard InChI is InChI=1S/C13H25N5OS/c1-10(2)14-7-8-18-13(15-16-17-18)20-12-6-4-5-11(9-12)19-3/h10-12,14H,4-9H2,1-3H3. The van der Waals surface area contributed by atoms with Crippen LogP contribution in [-0.4, -0.2) is 51.3 Å². The second-order valence-electron chi connectivity index (χ2n) is 5.56. The summed E-state index contributed by atoms with van der Waals surface area (Å²) in [6, 6.07) is 0.489. The Balaban J connectivity index is 1.84. The molecule has 1 saturated carbocycles. The van der Waals surface area contributed by atoms with E-state index in [2.05, 4.69) is 34.7 Å². The summed E-state index contributed by atoms with van der Waals surface area (Å²) >= 11 is 1.79. The van der Waals surface area contributed by atoms with E-state index >= 15 is 0 Å². The summed E-state index contributed by atoms with van der Waals surface area (Å²) in [5.74, 6) is 0. The smallest absolute Gasteiger partial charge is 0.209 e. The van der Waals surface area contributed by atoms with Gasteiger partial charge in [-0.25, -0.2) is 4.68 Å². The average Bonchev–Trinajstić information content (AvgIpc) is 2.86. The molecule has 1 aliphatic rings. The summed E-state index contributed by atoms with van der Waals surface area (Å²) in [7, 11) is 1.80. The van der Waals surface area contributed by atoms with Crippen molar-refractivity contribution in [2.24, 2.45) is 0 Å². The van der Waals surface area contributed by atoms with Crippen molar-refractivity contribution in [2.75, 3.05) is 13.7 Å². The highest BCUT2D eigenvalue weighted by Gasteiger charge is 2.24. The molecule has 0 amide bonds. The summed E-state index contributed by atoms with van der Waals surface area (Å²) in [6.07, 6.45) is 5.12. The van der Waals surface area contributed by atoms with Gasteiger partial charge in [-0.15, -0.1) is 5.10 Å². The molecule has 1 N–H and O–H groups in total. The molecule has 1 aliphatic carbocycles. The number of hydrogen-bond donors (Lipinski definition) is 1. The van der Waals surface area contributed by atoms with E-state index in [0.717, 1.165) is 24.7 Å². The predicted molar refractivity (Wildman–Crippen MR) is 79.9 cm³/mol. The fraction of sp³-hybridized carbons (Fsp3) is 0.923. The average molecular weight is 299 g/mol. The largest absolute Gasteiger partial charge is 0.381 e. The molecule has 0 aliphatic heterocycles. The summed E-state index contributed by atoms with van der Waals surface area (Å²) in [5, 5.41) is 16.9. The molecule has 114 valence electrons. The Morgan fingerprint density at radius 2 is 2.30 bits per heavy atom. The Morgan fingerprint density at radius 1 is 1.45 bits per heavy atom. The van der Waals surface area contributed by atoms with Gasteiger partial charge < -0.3 is 10.1 Å². The molecule has 0 aromatic carbocycles. The summed E-state index contributed by atoms with van der Waals surface area (Å²) in [6.45, 7) is 5.99. The molecule has 0 saturated heterocycles. The molecule has 1 aromatic heterocycles. The van der Waals surface area contributed by atoms with Crippen LogP contribution in [0.15, 0.2) is 5.16 Å². The Morgan fingerprint density at radius 3 is 3.05 bits per heavy atom. The van der Waals surface area contributed by atoms with Gasteiger partial charge in [0.05, 0.1) is 12.6 Å². The first-order valence-electron chi connectivity index (χ1n) is 7.38. The maximum absolute atomic E-state index is 5.48. The van der Waals surface area contributed by atoms with Crippen LogP contribution in [0, 0.1) is 0 Å². The first kappa shape index (κ1) is 15.7. The van der Waals surface area contributed by atoms with E-state index in [0.29, 0.717) is 17.4 Å². The van der Waals surface area contributed by atoms with Crippen LogP contribution < -0.4 is 5.32 Å². The van der Waals surface area contributed by atoms with E-state index in [4.69, 9.17) is 4.74 Å². The van der Waals surface area contributed by atoms with Crippen LogP contribution in [0.2, 0.25) is 0 Å². The van der Waals surface area contributed by atoms with Gasteiger partial charge in [0.25, 0.3) is 0 Å². The van der Waals surface area contributed by atoms with Crippen LogP contribution in [0.3, 0.4) is 0 Å². The normalized spacial score (nSPS) is 23.4. The molecular weight excluding hydrogens is 274 g/mol. The number of hydrogen-bond acceptors (Lipinski definition) is 6. The van der Waals surface area contributed by atoms with Crippen LogP contribution in [0.25, 0.3) is 0 Å². The number of rotatable bonds is 7. The quantitative estimate of drug-likeness (QED) is 0.827. The Hall–Kier alpha value is -0.660. The van der Waals surface area contributed by atoms with Gasteiger partial charge >= 0.3 is 0 Å². The van der Waals surface area contributed by atoms with Gasteiger partial charge in [-0.05, 0) is 36.1 Å². The van der Waals surface area contributed by atoms with Crippen molar-refractivity contribution in [3.05, 3.63) is 0 Å². The highest BCUT2D eigenvalue weighted by molar-refractivity contribution is 7.99. The van der Waals surface area contributed by atoms with Crippen LogP contribution in [0.1, 0.15) is 39.5 Å². The van der Waals surface area contributed by atoms with E-state index < -0.39 is 0 Å². The van der Waals surface area contributed by atoms with Gasteiger partial charge in [0, 0.05) is 24.9 Å². The van der Waals surface area contributed by atoms with Crippen molar-refractivity contribution in [1.82, 2.24) is 25.5 Å². The van der Waals surface area contributed by atoms with E-state index in [1.807, 2.05) is 4.68 Å². The Bertz CT molecular complexity index is 398. The van der Waals surface area contributed by atoms with Crippen LogP contribution in [0.5, 0.6) is 0 Å². The molecule has 20 heavy (non-hydrogen) atoms. The zero-order valence-electron chi connectivity index (χ0n) is 12.6. The molecule has 1 fully saturated rings. The summed E-state index contributed by atoms with van der Waals surface area (Å²) in [5.41, 5.74) is 0. The van der Waals surface area contributed by atoms with Gasteiger partial charge in [0.15, 0.2) is 0 Å². The van der Waals surface area contributed by atoms with Crippen molar-refractivity contribution in [3.63, 3.8) is 0 Å². The molecule has 0 spiro atoms. The molecule has 0 bridgehead atoms. The van der Waals surface area contributed by atoms with Gasteiger partial charge in [-0.2, -0.15) is 0 Å². The minimum absolute atomic E-state index is 0.396. The zero-order valence-corrected chi connectivity index (χ0v) is 13.4. The molecule has 0 radical (unpaired) electrons. The summed E-state index contributed by atoms with van der Waals surface area (Å²) in [4.78, 5) is 0. The fourth-order valence-electron chi connectivity index (χ4n) is 2.45. The van der Waals surface area contributed by atoms with Crippen molar-refractivity contribution in [2.45, 2.75) is 68.6 Å². The van der Waals surface area contributed by atoms with E-state index in [-0.39, 0.29) is 0 Å². The second kappa shape index (κ2) is 7.95. The van der Waals surface area contributed by atoms with Gasteiger partial charge in [-0.1, -0.05) is 25.6 Å². The summed E-state index contributed by atoms with van der Waals surface area (Å²) < 4.78 is 7.38. The second-order valence-corrected chi connectivity index (χ2v) is 6.83. The van der Waals surface area contributed by atoms with Crippen molar-refractivity contribution in [3.8, 4) is 0 Å². The molecular formula is C13H25N5OS. The first-order valence-corrected chi connectivity index (χ1v) is 8.26. The number of thioether (sulfide) groups is 1. The van der Waals surface area contributed by atoms with Crippen molar-refractivity contribution < 1.29 is 4.74 Å². The lowest BCUT2D eigenvalue weighted by Crippen LogP contribution is -2.27. The van der Waals surface area contributed by atoms with E-state index in [9.17, 15) is 0 Å². The van der Waals surface area contributed by atoms with Crippen LogP contribution in [0.4, 0.5) is 0 Å². The molecule has 1 heterocycles. The fourth-order valence-corrected chi connectivity index (χ4v) is 3.68. The lowest BCUT2D eigenvalue weighted by atomic mass is 9.97. The van der Waals surface area contributed by atoms with Crippen molar-refractivity contribution in [1.29, 1.82) is 0 Å². The Labute approximate surface area is 125 Å². The minimum atomic E-state index is 0.396. The topological polar surface area (TPSA) is 64.9 Å². The third-order valence-corrected chi connectivity index (χ3v) is 4.82. The maximum atomic E-state index is 5.48. The number of methoxy groups -OCH3 is 1. The lowest BCUT2D eigenvalue weighted by molar-refractivity contribution is 0.0730. The minimum Gasteiger partial charge on any atom is -0.381 e. The predicted octanol–water partition coefficient (Wildman–Crippen LogP) is 1.72. The van der Waals surface area contributed by atoms with E-state index in [1.54, 1.807) is 18.9 Å². The number of ether oxygens (including phenoxy) is 1. The van der Waals surface area contributed by atoms with Gasteiger partial charge in [-0.3, -0.25) is 0 Å². The number of tetrazole rings is 1. The SMILES string of the molecule is COC1CCCC(Sc2nnnn2CCNC(C)C)C1. The number of aromatic nitrogens is 4. The zero-order chi connectivity index (χ0) is 14.4. The molecule has 6 nitrogen and oxygen atoms in total. The molecule has 1 aromatic rings. The Kier molecular flexibility index (Phi) is 6.25. The van der Waals surface area contributed by atoms with Crippen LogP contribution >= 0.6 is 11.8 Å². The van der Waals surface area contributed by atoms with E-state index in [1.165, 1.54) is 19.3 Å². The third-order valence-electron chi connectivity index (χ3n) is 3.56. The number of nitrogens with one attached hydrogen (secondary N) is 1. The van der Waals surface area contributed by atoms with Gasteiger partial charge in [0.1, 0.15) is 0 Å². The molecule has 2 unspecified atom stereocenters. The molecule has 2 atom stereocenters. The maximum Gasteiger partial charge on any atom is 0.209 e. The van der Waals surface area contributed by atoms with Crippen molar-refractivity contribution >= 4 is 11.8 Å². The highest BCUT2D eigenvalue weighted by Crippen LogP contribution is 2.33. The first-order chi connectivity index (χ1) is 9.69. The molecule has 7 heteroatoms. The van der Waals surface area contributed by atoms with Gasteiger partial charge in [0.2, 0.25) is 5.16 Å². The lowest BCUT2D eigenvalue weighted by Gasteiger charge is -2.27. The third kappa shape index (κ3) is 4.71.